The number of nitrogens with zero attached hydrogens (tertiary/aromatic N) is 1. The maximum Gasteiger partial charge on any atom is 0.345 e. The number of esters is 1. The summed E-state index contributed by atoms with van der Waals surface area (Å²) >= 11 is 0. The van der Waals surface area contributed by atoms with Crippen LogP contribution in [0.4, 0.5) is 5.69 Å². The van der Waals surface area contributed by atoms with Crippen LogP contribution in [0.3, 0.4) is 0 Å². The van der Waals surface area contributed by atoms with Crippen LogP contribution in [-0.4, -0.2) is 24.9 Å². The van der Waals surface area contributed by atoms with Crippen molar-refractivity contribution < 1.29 is 14.3 Å². The number of hydrogen-bond donors (Lipinski definition) is 0. The Morgan fingerprint density at radius 1 is 1.04 bits per heavy atom. The second kappa shape index (κ2) is 5.88. The lowest BCUT2D eigenvalue weighted by atomic mass is 9.84. The van der Waals surface area contributed by atoms with E-state index in [1.165, 1.54) is 0 Å². The fourth-order valence-electron chi connectivity index (χ4n) is 3.33. The van der Waals surface area contributed by atoms with Crippen LogP contribution in [0.15, 0.2) is 54.6 Å². The van der Waals surface area contributed by atoms with Crippen molar-refractivity contribution in [3.05, 3.63) is 65.7 Å². The molecular weight excluding hydrogens is 290 g/mol. The van der Waals surface area contributed by atoms with E-state index in [2.05, 4.69) is 0 Å². The van der Waals surface area contributed by atoms with E-state index in [1.54, 1.807) is 13.0 Å². The van der Waals surface area contributed by atoms with Gasteiger partial charge in [-0.1, -0.05) is 42.5 Å². The average molecular weight is 309 g/mol. The highest BCUT2D eigenvalue weighted by Crippen LogP contribution is 2.45. The molecule has 3 rings (SSSR count). The molecule has 0 bridgehead atoms. The first kappa shape index (κ1) is 15.3. The van der Waals surface area contributed by atoms with Gasteiger partial charge in [0.2, 0.25) is 11.3 Å². The smallest absolute Gasteiger partial charge is 0.345 e. The molecule has 2 aromatic carbocycles. The topological polar surface area (TPSA) is 46.6 Å². The first-order chi connectivity index (χ1) is 11.2. The third-order valence-corrected chi connectivity index (χ3v) is 4.25. The van der Waals surface area contributed by atoms with Gasteiger partial charge in [0, 0.05) is 17.8 Å². The van der Waals surface area contributed by atoms with Gasteiger partial charge in [-0.2, -0.15) is 0 Å². The number of para-hydroxylation sites is 1. The van der Waals surface area contributed by atoms with Crippen molar-refractivity contribution >= 4 is 17.4 Å². The van der Waals surface area contributed by atoms with Gasteiger partial charge in [0.15, 0.2) is 0 Å². The second-order valence-corrected chi connectivity index (χ2v) is 5.39. The van der Waals surface area contributed by atoms with Crippen molar-refractivity contribution in [2.24, 2.45) is 0 Å². The van der Waals surface area contributed by atoms with E-state index in [-0.39, 0.29) is 12.4 Å². The molecule has 0 saturated heterocycles. The largest absolute Gasteiger partial charge is 0.464 e. The van der Waals surface area contributed by atoms with Gasteiger partial charge >= 0.3 is 5.97 Å². The Morgan fingerprint density at radius 2 is 1.70 bits per heavy atom. The summed E-state index contributed by atoms with van der Waals surface area (Å²) < 4.78 is 5.32. The molecule has 0 spiro atoms. The Labute approximate surface area is 135 Å². The molecule has 1 aliphatic rings. The monoisotopic (exact) mass is 309 g/mol. The minimum absolute atomic E-state index is 0.223. The number of carbonyl (C=O) groups excluding carboxylic acids is 2. The third-order valence-electron chi connectivity index (χ3n) is 4.25. The van der Waals surface area contributed by atoms with Crippen molar-refractivity contribution in [3.8, 4) is 0 Å². The Balaban J connectivity index is 2.28. The predicted molar refractivity (Wildman–Crippen MR) is 88.5 cm³/mol. The van der Waals surface area contributed by atoms with Crippen LogP contribution < -0.4 is 4.90 Å². The van der Waals surface area contributed by atoms with Crippen molar-refractivity contribution in [3.63, 3.8) is 0 Å². The number of likely N-dealkylation sites (N-methyl/N-ethyl adjacent to an activating group) is 1. The molecule has 0 radical (unpaired) electrons. The lowest BCUT2D eigenvalue weighted by molar-refractivity contribution is -0.147. The Morgan fingerprint density at radius 3 is 2.35 bits per heavy atom. The zero-order valence-electron chi connectivity index (χ0n) is 13.3. The quantitative estimate of drug-likeness (QED) is 0.643. The van der Waals surface area contributed by atoms with Gasteiger partial charge in [0.25, 0.3) is 0 Å². The maximum atomic E-state index is 13.3. The van der Waals surface area contributed by atoms with Crippen LogP contribution in [0, 0.1) is 0 Å². The number of Topliss-reactive ketones (excluding diaryl/α,β-unsaturated/α-hetero) is 1. The summed E-state index contributed by atoms with van der Waals surface area (Å²) in [4.78, 5) is 28.0. The summed E-state index contributed by atoms with van der Waals surface area (Å²) in [6.45, 7) is 4.44. The molecule has 1 heterocycles. The summed E-state index contributed by atoms with van der Waals surface area (Å²) in [7, 11) is 0. The molecule has 4 nitrogen and oxygen atoms in total. The summed E-state index contributed by atoms with van der Waals surface area (Å²) in [5, 5.41) is 0. The Kier molecular flexibility index (Phi) is 3.90. The van der Waals surface area contributed by atoms with Gasteiger partial charge in [-0.15, -0.1) is 0 Å². The molecule has 0 amide bonds. The van der Waals surface area contributed by atoms with Crippen molar-refractivity contribution in [1.82, 2.24) is 0 Å². The molecule has 1 aliphatic heterocycles. The van der Waals surface area contributed by atoms with E-state index in [4.69, 9.17) is 4.74 Å². The molecule has 1 unspecified atom stereocenters. The number of carbonyl (C=O) groups is 2. The first-order valence-electron chi connectivity index (χ1n) is 7.82. The van der Waals surface area contributed by atoms with E-state index in [0.29, 0.717) is 17.7 Å². The molecule has 0 saturated carbocycles. The number of anilines is 1. The molecule has 4 heteroatoms. The molecule has 1 atom stereocenters. The third kappa shape index (κ3) is 2.05. The second-order valence-electron chi connectivity index (χ2n) is 5.39. The Hall–Kier alpha value is -2.62. The number of rotatable bonds is 4. The van der Waals surface area contributed by atoms with E-state index < -0.39 is 11.5 Å². The average Bonchev–Trinajstić information content (AvgIpc) is 2.85. The zero-order valence-corrected chi connectivity index (χ0v) is 13.3. The van der Waals surface area contributed by atoms with Crippen LogP contribution >= 0.6 is 0 Å². The lowest BCUT2D eigenvalue weighted by Crippen LogP contribution is -2.54. The highest BCUT2D eigenvalue weighted by molar-refractivity contribution is 6.25. The molecule has 0 aromatic heterocycles. The number of hydrogen-bond acceptors (Lipinski definition) is 4. The normalized spacial score (nSPS) is 19.6. The molecule has 0 fully saturated rings. The van der Waals surface area contributed by atoms with Gasteiger partial charge in [-0.3, -0.25) is 4.79 Å². The molecule has 0 N–H and O–H groups in total. The Bertz CT molecular complexity index is 741. The highest BCUT2D eigenvalue weighted by atomic mass is 16.5. The number of benzene rings is 2. The van der Waals surface area contributed by atoms with Crippen LogP contribution in [0.2, 0.25) is 0 Å². The van der Waals surface area contributed by atoms with Gasteiger partial charge in [0.1, 0.15) is 0 Å². The highest BCUT2D eigenvalue weighted by Gasteiger charge is 2.58. The van der Waals surface area contributed by atoms with Gasteiger partial charge < -0.3 is 9.64 Å². The lowest BCUT2D eigenvalue weighted by Gasteiger charge is -2.36. The summed E-state index contributed by atoms with van der Waals surface area (Å²) in [6, 6.07) is 16.5. The first-order valence-corrected chi connectivity index (χ1v) is 7.82. The fraction of sp³-hybridized carbons (Fsp3) is 0.263. The van der Waals surface area contributed by atoms with Crippen molar-refractivity contribution in [2.45, 2.75) is 19.4 Å². The standard InChI is InChI=1S/C19H19NO3/c1-3-20-16-13-9-8-12-15(16)17(21)19(20,18(22)23-4-2)14-10-6-5-7-11-14/h5-13H,3-4H2,1-2H3. The van der Waals surface area contributed by atoms with Crippen LogP contribution in [0.25, 0.3) is 0 Å². The molecule has 2 aromatic rings. The minimum Gasteiger partial charge on any atom is -0.464 e. The fourth-order valence-corrected chi connectivity index (χ4v) is 3.33. The number of fused-ring (bicyclic) bond motifs is 1. The van der Waals surface area contributed by atoms with Gasteiger partial charge in [-0.25, -0.2) is 4.79 Å². The van der Waals surface area contributed by atoms with E-state index in [1.807, 2.05) is 60.4 Å². The van der Waals surface area contributed by atoms with Crippen LogP contribution in [-0.2, 0) is 15.1 Å². The van der Waals surface area contributed by atoms with Crippen molar-refractivity contribution in [2.75, 3.05) is 18.1 Å². The van der Waals surface area contributed by atoms with E-state index in [9.17, 15) is 9.59 Å². The molecular formula is C19H19NO3. The number of ether oxygens (including phenoxy) is 1. The number of ketones is 1. The molecule has 0 aliphatic carbocycles. The summed E-state index contributed by atoms with van der Waals surface area (Å²) in [6.07, 6.45) is 0. The van der Waals surface area contributed by atoms with Gasteiger partial charge in [-0.05, 0) is 31.5 Å². The summed E-state index contributed by atoms with van der Waals surface area (Å²) in [5.41, 5.74) is 0.542. The maximum absolute atomic E-state index is 13.3. The zero-order chi connectivity index (χ0) is 16.4. The van der Waals surface area contributed by atoms with Gasteiger partial charge in [0.05, 0.1) is 6.61 Å². The van der Waals surface area contributed by atoms with Crippen LogP contribution in [0.1, 0.15) is 29.8 Å². The predicted octanol–water partition coefficient (Wildman–Crippen LogP) is 3.17. The molecule has 23 heavy (non-hydrogen) atoms. The summed E-state index contributed by atoms with van der Waals surface area (Å²) in [5.74, 6) is -0.742. The van der Waals surface area contributed by atoms with E-state index >= 15 is 0 Å². The molecule has 118 valence electrons. The van der Waals surface area contributed by atoms with Crippen LogP contribution in [0.5, 0.6) is 0 Å². The van der Waals surface area contributed by atoms with E-state index in [0.717, 1.165) is 5.69 Å². The SMILES string of the molecule is CCOC(=O)C1(c2ccccc2)C(=O)c2ccccc2N1CC. The minimum atomic E-state index is -1.43. The van der Waals surface area contributed by atoms with Crippen molar-refractivity contribution in [1.29, 1.82) is 0 Å².